The maximum absolute atomic E-state index is 11.8. The lowest BCUT2D eigenvalue weighted by Crippen LogP contribution is -2.30. The van der Waals surface area contributed by atoms with Crippen LogP contribution in [0.5, 0.6) is 11.5 Å². The topological polar surface area (TPSA) is 69.6 Å². The van der Waals surface area contributed by atoms with E-state index in [-0.39, 0.29) is 23.4 Å². The molecular weight excluding hydrogens is 326 g/mol. The second kappa shape index (κ2) is 8.09. The maximum atomic E-state index is 11.8. The van der Waals surface area contributed by atoms with E-state index in [1.165, 1.54) is 0 Å². The van der Waals surface area contributed by atoms with Gasteiger partial charge < -0.3 is 15.5 Å². The Balaban J connectivity index is 2.33. The summed E-state index contributed by atoms with van der Waals surface area (Å²) in [5, 5.41) is 24.6. The van der Waals surface area contributed by atoms with Crippen LogP contribution in [-0.4, -0.2) is 22.2 Å². The van der Waals surface area contributed by atoms with Crippen LogP contribution < -0.4 is 15.8 Å². The van der Waals surface area contributed by atoms with Gasteiger partial charge in [0.05, 0.1) is 0 Å². The summed E-state index contributed by atoms with van der Waals surface area (Å²) in [6.07, 6.45) is 2.92. The van der Waals surface area contributed by atoms with Crippen molar-refractivity contribution in [3.8, 4) is 11.5 Å². The Labute approximate surface area is 154 Å². The SMILES string of the molecule is C=c1c(C)c(O)c(=Cc2cccc(CCC(=O)NC(C)C)c2)c(C)c1O. The lowest BCUT2D eigenvalue weighted by molar-refractivity contribution is -0.121. The fourth-order valence-electron chi connectivity index (χ4n) is 2.89. The molecule has 0 saturated heterocycles. The minimum absolute atomic E-state index is 0.0365. The maximum Gasteiger partial charge on any atom is 0.220 e. The van der Waals surface area contributed by atoms with Crippen molar-refractivity contribution in [3.63, 3.8) is 0 Å². The highest BCUT2D eigenvalue weighted by Crippen LogP contribution is 2.16. The molecule has 0 unspecified atom stereocenters. The van der Waals surface area contributed by atoms with Crippen LogP contribution in [0.25, 0.3) is 12.7 Å². The molecule has 4 nitrogen and oxygen atoms in total. The second-order valence-electron chi connectivity index (χ2n) is 6.95. The standard InChI is InChI=1S/C22H27NO3/c1-13(2)23-20(24)10-9-17-7-6-8-18(11-17)12-19-16(5)21(25)14(3)15(4)22(19)26/h6-8,11-13,25-26H,3,9-10H2,1-2,4-5H3,(H,23,24). The molecular formula is C22H27NO3. The van der Waals surface area contributed by atoms with Gasteiger partial charge in [-0.2, -0.15) is 0 Å². The van der Waals surface area contributed by atoms with E-state index in [9.17, 15) is 15.0 Å². The van der Waals surface area contributed by atoms with Gasteiger partial charge in [0, 0.05) is 34.0 Å². The van der Waals surface area contributed by atoms with Gasteiger partial charge in [0.15, 0.2) is 0 Å². The molecule has 4 heteroatoms. The van der Waals surface area contributed by atoms with Crippen LogP contribution in [-0.2, 0) is 11.2 Å². The summed E-state index contributed by atoms with van der Waals surface area (Å²) in [7, 11) is 0. The van der Waals surface area contributed by atoms with Gasteiger partial charge in [-0.15, -0.1) is 0 Å². The van der Waals surface area contributed by atoms with E-state index in [0.29, 0.717) is 34.4 Å². The average Bonchev–Trinajstić information content (AvgIpc) is 2.60. The Morgan fingerprint density at radius 2 is 1.88 bits per heavy atom. The lowest BCUT2D eigenvalue weighted by Gasteiger charge is -2.09. The summed E-state index contributed by atoms with van der Waals surface area (Å²) in [6.45, 7) is 11.2. The number of hydrogen-bond donors (Lipinski definition) is 3. The zero-order valence-corrected chi connectivity index (χ0v) is 15.9. The summed E-state index contributed by atoms with van der Waals surface area (Å²) in [5.74, 6) is 0.273. The number of benzene rings is 2. The van der Waals surface area contributed by atoms with E-state index >= 15 is 0 Å². The number of aromatic hydroxyl groups is 2. The number of amides is 1. The molecule has 0 bridgehead atoms. The number of rotatable bonds is 5. The van der Waals surface area contributed by atoms with Gasteiger partial charge in [-0.05, 0) is 51.3 Å². The zero-order chi connectivity index (χ0) is 19.4. The fraction of sp³-hybridized carbons (Fsp3) is 0.318. The summed E-state index contributed by atoms with van der Waals surface area (Å²) < 4.78 is 0. The molecule has 0 aliphatic carbocycles. The molecule has 0 heterocycles. The third-order valence-corrected chi connectivity index (χ3v) is 4.46. The molecule has 0 spiro atoms. The van der Waals surface area contributed by atoms with Crippen LogP contribution in [0.2, 0.25) is 0 Å². The smallest absolute Gasteiger partial charge is 0.220 e. The largest absolute Gasteiger partial charge is 0.507 e. The van der Waals surface area contributed by atoms with E-state index in [0.717, 1.165) is 11.1 Å². The molecule has 2 aromatic rings. The average molecular weight is 353 g/mol. The van der Waals surface area contributed by atoms with Crippen LogP contribution in [0, 0.1) is 13.8 Å². The van der Waals surface area contributed by atoms with Crippen LogP contribution >= 0.6 is 0 Å². The van der Waals surface area contributed by atoms with Crippen molar-refractivity contribution >= 4 is 18.6 Å². The minimum Gasteiger partial charge on any atom is -0.507 e. The van der Waals surface area contributed by atoms with Crippen molar-refractivity contribution in [2.75, 3.05) is 0 Å². The molecule has 0 aromatic heterocycles. The Bertz CT molecular complexity index is 894. The van der Waals surface area contributed by atoms with E-state index in [2.05, 4.69) is 11.9 Å². The van der Waals surface area contributed by atoms with Gasteiger partial charge in [-0.1, -0.05) is 30.8 Å². The Morgan fingerprint density at radius 1 is 1.19 bits per heavy atom. The monoisotopic (exact) mass is 353 g/mol. The Kier molecular flexibility index (Phi) is 6.09. The summed E-state index contributed by atoms with van der Waals surface area (Å²) in [6, 6.07) is 7.97. The number of nitrogens with one attached hydrogen (secondary N) is 1. The van der Waals surface area contributed by atoms with E-state index < -0.39 is 0 Å². The summed E-state index contributed by atoms with van der Waals surface area (Å²) in [4.78, 5) is 11.8. The van der Waals surface area contributed by atoms with Gasteiger partial charge in [0.25, 0.3) is 0 Å². The van der Waals surface area contributed by atoms with Crippen LogP contribution in [0.3, 0.4) is 0 Å². The van der Waals surface area contributed by atoms with Crippen molar-refractivity contribution in [2.24, 2.45) is 0 Å². The van der Waals surface area contributed by atoms with Gasteiger partial charge >= 0.3 is 0 Å². The lowest BCUT2D eigenvalue weighted by atomic mass is 10.0. The number of phenols is 2. The minimum atomic E-state index is 0.0365. The van der Waals surface area contributed by atoms with E-state index in [4.69, 9.17) is 0 Å². The van der Waals surface area contributed by atoms with Crippen LogP contribution in [0.1, 0.15) is 42.5 Å². The first-order valence-electron chi connectivity index (χ1n) is 8.80. The van der Waals surface area contributed by atoms with E-state index in [1.54, 1.807) is 13.8 Å². The molecule has 2 rings (SSSR count). The normalized spacial score (nSPS) is 11.8. The third kappa shape index (κ3) is 4.45. The molecule has 0 radical (unpaired) electrons. The van der Waals surface area contributed by atoms with Crippen LogP contribution in [0.15, 0.2) is 24.3 Å². The van der Waals surface area contributed by atoms with Crippen molar-refractivity contribution in [1.29, 1.82) is 0 Å². The molecule has 0 aliphatic rings. The van der Waals surface area contributed by atoms with Crippen molar-refractivity contribution in [3.05, 3.63) is 57.0 Å². The highest BCUT2D eigenvalue weighted by Gasteiger charge is 2.09. The highest BCUT2D eigenvalue weighted by molar-refractivity contribution is 5.76. The predicted molar refractivity (Wildman–Crippen MR) is 106 cm³/mol. The number of phenolic OH excluding ortho intramolecular Hbond substituents is 2. The van der Waals surface area contributed by atoms with Crippen molar-refractivity contribution in [1.82, 2.24) is 5.32 Å². The molecule has 26 heavy (non-hydrogen) atoms. The molecule has 138 valence electrons. The fourth-order valence-corrected chi connectivity index (χ4v) is 2.89. The second-order valence-corrected chi connectivity index (χ2v) is 6.95. The highest BCUT2D eigenvalue weighted by atomic mass is 16.3. The number of hydrogen-bond acceptors (Lipinski definition) is 3. The summed E-state index contributed by atoms with van der Waals surface area (Å²) in [5.41, 5.74) is 3.12. The molecule has 1 amide bonds. The van der Waals surface area contributed by atoms with Crippen LogP contribution in [0.4, 0.5) is 0 Å². The zero-order valence-electron chi connectivity index (χ0n) is 15.9. The van der Waals surface area contributed by atoms with Gasteiger partial charge in [-0.25, -0.2) is 0 Å². The predicted octanol–water partition coefficient (Wildman–Crippen LogP) is 2.41. The summed E-state index contributed by atoms with van der Waals surface area (Å²) >= 11 is 0. The molecule has 3 N–H and O–H groups in total. The number of aryl methyl sites for hydroxylation is 1. The first kappa shape index (κ1) is 19.6. The first-order valence-corrected chi connectivity index (χ1v) is 8.80. The number of carbonyl (C=O) groups is 1. The van der Waals surface area contributed by atoms with Gasteiger partial charge in [-0.3, -0.25) is 4.79 Å². The Hall–Kier alpha value is -2.75. The first-order chi connectivity index (χ1) is 12.2. The van der Waals surface area contributed by atoms with Gasteiger partial charge in [0.1, 0.15) is 11.5 Å². The van der Waals surface area contributed by atoms with Crippen molar-refractivity contribution < 1.29 is 15.0 Å². The molecule has 0 atom stereocenters. The number of carbonyl (C=O) groups excluding carboxylic acids is 1. The molecule has 0 fully saturated rings. The van der Waals surface area contributed by atoms with Gasteiger partial charge in [0.2, 0.25) is 5.91 Å². The Morgan fingerprint density at radius 3 is 2.54 bits per heavy atom. The third-order valence-electron chi connectivity index (χ3n) is 4.46. The van der Waals surface area contributed by atoms with Crippen molar-refractivity contribution in [2.45, 2.75) is 46.6 Å². The molecule has 0 saturated carbocycles. The van der Waals surface area contributed by atoms with E-state index in [1.807, 2.05) is 44.2 Å². The quantitative estimate of drug-likeness (QED) is 0.723. The molecule has 2 aromatic carbocycles. The molecule has 0 aliphatic heterocycles.